The van der Waals surface area contributed by atoms with Crippen molar-refractivity contribution >= 4 is 17.4 Å². The van der Waals surface area contributed by atoms with E-state index in [1.807, 2.05) is 66.9 Å². The molecule has 0 radical (unpaired) electrons. The zero-order valence-corrected chi connectivity index (χ0v) is 20.6. The normalized spacial score (nSPS) is 11.2. The molecule has 0 aliphatic rings. The highest BCUT2D eigenvalue weighted by molar-refractivity contribution is 7.98. The van der Waals surface area contributed by atoms with Crippen molar-refractivity contribution in [1.29, 1.82) is 0 Å². The summed E-state index contributed by atoms with van der Waals surface area (Å²) in [6.07, 6.45) is 1.80. The number of aromatic nitrogens is 5. The van der Waals surface area contributed by atoms with Crippen molar-refractivity contribution in [3.8, 4) is 22.8 Å². The molecule has 35 heavy (non-hydrogen) atoms. The van der Waals surface area contributed by atoms with Gasteiger partial charge >= 0.3 is 0 Å². The first-order valence-corrected chi connectivity index (χ1v) is 12.4. The first-order valence-electron chi connectivity index (χ1n) is 11.4. The molecule has 0 aliphatic heterocycles. The van der Waals surface area contributed by atoms with Crippen LogP contribution in [-0.4, -0.2) is 30.8 Å². The fourth-order valence-electron chi connectivity index (χ4n) is 3.90. The minimum Gasteiger partial charge on any atom is -0.494 e. The molecule has 176 valence electrons. The van der Waals surface area contributed by atoms with Crippen molar-refractivity contribution < 1.29 is 4.74 Å². The Morgan fingerprint density at radius 1 is 0.943 bits per heavy atom. The van der Waals surface area contributed by atoms with Gasteiger partial charge in [0, 0.05) is 29.3 Å². The summed E-state index contributed by atoms with van der Waals surface area (Å²) in [7, 11) is 0. The third-order valence-corrected chi connectivity index (χ3v) is 6.49. The predicted octanol–water partition coefficient (Wildman–Crippen LogP) is 5.25. The van der Waals surface area contributed by atoms with Gasteiger partial charge in [-0.15, -0.1) is 10.2 Å². The molecule has 3 heterocycles. The molecule has 0 atom stereocenters. The number of pyridine rings is 1. The van der Waals surface area contributed by atoms with Crippen LogP contribution in [0.4, 0.5) is 0 Å². The molecule has 5 rings (SSSR count). The topological polar surface area (TPSA) is 74.3 Å². The minimum atomic E-state index is -0.0947. The number of ether oxygens (including phenoxy) is 1. The van der Waals surface area contributed by atoms with E-state index in [0.717, 1.165) is 39.1 Å². The van der Waals surface area contributed by atoms with E-state index in [9.17, 15) is 4.79 Å². The molecule has 0 N–H and O–H groups in total. The van der Waals surface area contributed by atoms with Crippen LogP contribution >= 0.6 is 11.8 Å². The number of thioether (sulfide) groups is 1. The molecule has 7 nitrogen and oxygen atoms in total. The molecule has 0 unspecified atom stereocenters. The fraction of sp³-hybridized carbons (Fsp3) is 0.185. The fourth-order valence-corrected chi connectivity index (χ4v) is 4.74. The van der Waals surface area contributed by atoms with Gasteiger partial charge in [0.1, 0.15) is 11.4 Å². The summed E-state index contributed by atoms with van der Waals surface area (Å²) < 4.78 is 9.22. The summed E-state index contributed by atoms with van der Waals surface area (Å²) in [5.74, 6) is 2.05. The quantitative estimate of drug-likeness (QED) is 0.294. The molecule has 0 aliphatic carbocycles. The Hall–Kier alpha value is -3.91. The molecule has 2 aromatic carbocycles. The molecule has 0 spiro atoms. The average Bonchev–Trinajstić information content (AvgIpc) is 3.28. The van der Waals surface area contributed by atoms with Gasteiger partial charge in [-0.2, -0.15) is 0 Å². The van der Waals surface area contributed by atoms with Gasteiger partial charge in [0.25, 0.3) is 5.56 Å². The highest BCUT2D eigenvalue weighted by atomic mass is 32.2. The number of benzene rings is 2. The molecule has 0 bridgehead atoms. The summed E-state index contributed by atoms with van der Waals surface area (Å²) in [6.45, 7) is 6.59. The zero-order valence-electron chi connectivity index (χ0n) is 19.8. The number of aryl methyl sites for hydroxylation is 2. The zero-order chi connectivity index (χ0) is 24.4. The molecule has 0 saturated carbocycles. The van der Waals surface area contributed by atoms with Gasteiger partial charge in [-0.25, -0.2) is 4.98 Å². The van der Waals surface area contributed by atoms with Crippen molar-refractivity contribution in [3.63, 3.8) is 0 Å². The Kier molecular flexibility index (Phi) is 6.37. The van der Waals surface area contributed by atoms with Crippen LogP contribution < -0.4 is 10.3 Å². The van der Waals surface area contributed by atoms with Crippen molar-refractivity contribution in [3.05, 3.63) is 100 Å². The van der Waals surface area contributed by atoms with E-state index >= 15 is 0 Å². The molecule has 0 fully saturated rings. The standard InChI is InChI=1S/C27H25N5O2S/c1-4-34-23-11-9-22(10-12-23)32-26(20-7-5-6-18(2)14-20)29-30-27(32)35-17-21-15-25(33)31-16-19(3)8-13-24(31)28-21/h5-16H,4,17H2,1-3H3. The number of hydrogen-bond acceptors (Lipinski definition) is 6. The van der Waals surface area contributed by atoms with Crippen molar-refractivity contribution in [1.82, 2.24) is 24.1 Å². The van der Waals surface area contributed by atoms with Gasteiger partial charge in [0.05, 0.1) is 12.3 Å². The van der Waals surface area contributed by atoms with Crippen LogP contribution in [0, 0.1) is 13.8 Å². The highest BCUT2D eigenvalue weighted by Crippen LogP contribution is 2.30. The van der Waals surface area contributed by atoms with Gasteiger partial charge in [-0.1, -0.05) is 41.6 Å². The molecule has 5 aromatic rings. The Bertz CT molecular complexity index is 1560. The lowest BCUT2D eigenvalue weighted by Crippen LogP contribution is -2.15. The number of hydrogen-bond donors (Lipinski definition) is 0. The van der Waals surface area contributed by atoms with Crippen LogP contribution in [-0.2, 0) is 5.75 Å². The molecular weight excluding hydrogens is 458 g/mol. The van der Waals surface area contributed by atoms with Gasteiger partial charge in [-0.05, 0) is 62.7 Å². The Morgan fingerprint density at radius 3 is 2.54 bits per heavy atom. The minimum absolute atomic E-state index is 0.0947. The number of rotatable bonds is 7. The first kappa shape index (κ1) is 22.9. The molecule has 0 saturated heterocycles. The maximum atomic E-state index is 12.6. The number of nitrogens with zero attached hydrogens (tertiary/aromatic N) is 5. The Labute approximate surface area is 207 Å². The second kappa shape index (κ2) is 9.76. The lowest BCUT2D eigenvalue weighted by molar-refractivity contribution is 0.340. The maximum Gasteiger partial charge on any atom is 0.258 e. The third-order valence-electron chi connectivity index (χ3n) is 5.53. The van der Waals surface area contributed by atoms with E-state index in [4.69, 9.17) is 4.74 Å². The van der Waals surface area contributed by atoms with Gasteiger partial charge in [0.2, 0.25) is 0 Å². The van der Waals surface area contributed by atoms with Gasteiger partial charge in [0.15, 0.2) is 11.0 Å². The number of fused-ring (bicyclic) bond motifs is 1. The second-order valence-electron chi connectivity index (χ2n) is 8.25. The van der Waals surface area contributed by atoms with Crippen LogP contribution in [0.1, 0.15) is 23.7 Å². The van der Waals surface area contributed by atoms with E-state index in [0.29, 0.717) is 23.7 Å². The lowest BCUT2D eigenvalue weighted by atomic mass is 10.1. The molecule has 8 heteroatoms. The summed E-state index contributed by atoms with van der Waals surface area (Å²) in [5.41, 5.74) is 5.30. The van der Waals surface area contributed by atoms with Crippen LogP contribution in [0.25, 0.3) is 22.7 Å². The van der Waals surface area contributed by atoms with Crippen LogP contribution in [0.2, 0.25) is 0 Å². The van der Waals surface area contributed by atoms with Crippen molar-refractivity contribution in [2.75, 3.05) is 6.61 Å². The van der Waals surface area contributed by atoms with Crippen LogP contribution in [0.15, 0.2) is 82.9 Å². The first-order chi connectivity index (χ1) is 17.0. The van der Waals surface area contributed by atoms with Crippen LogP contribution in [0.5, 0.6) is 5.75 Å². The van der Waals surface area contributed by atoms with E-state index in [1.54, 1.807) is 16.7 Å². The summed E-state index contributed by atoms with van der Waals surface area (Å²) in [4.78, 5) is 17.3. The van der Waals surface area contributed by atoms with Gasteiger partial charge < -0.3 is 4.74 Å². The second-order valence-corrected chi connectivity index (χ2v) is 9.19. The van der Waals surface area contributed by atoms with Crippen molar-refractivity contribution in [2.24, 2.45) is 0 Å². The largest absolute Gasteiger partial charge is 0.494 e. The molecular formula is C27H25N5O2S. The molecule has 3 aromatic heterocycles. The van der Waals surface area contributed by atoms with Crippen LogP contribution in [0.3, 0.4) is 0 Å². The third kappa shape index (κ3) is 4.83. The maximum absolute atomic E-state index is 12.6. The monoisotopic (exact) mass is 483 g/mol. The van der Waals surface area contributed by atoms with E-state index in [2.05, 4.69) is 34.2 Å². The summed E-state index contributed by atoms with van der Waals surface area (Å²) >= 11 is 1.50. The smallest absolute Gasteiger partial charge is 0.258 e. The Balaban J connectivity index is 1.52. The Morgan fingerprint density at radius 2 is 1.77 bits per heavy atom. The highest BCUT2D eigenvalue weighted by Gasteiger charge is 2.17. The SMILES string of the molecule is CCOc1ccc(-n2c(SCc3cc(=O)n4cc(C)ccc4n3)nnc2-c2cccc(C)c2)cc1. The predicted molar refractivity (Wildman–Crippen MR) is 138 cm³/mol. The lowest BCUT2D eigenvalue weighted by Gasteiger charge is -2.12. The summed E-state index contributed by atoms with van der Waals surface area (Å²) in [6, 6.07) is 21.5. The van der Waals surface area contributed by atoms with E-state index in [1.165, 1.54) is 11.8 Å². The van der Waals surface area contributed by atoms with Crippen molar-refractivity contribution in [2.45, 2.75) is 31.7 Å². The van der Waals surface area contributed by atoms with Gasteiger partial charge in [-0.3, -0.25) is 13.8 Å². The van der Waals surface area contributed by atoms with E-state index in [-0.39, 0.29) is 5.56 Å². The van der Waals surface area contributed by atoms with E-state index < -0.39 is 0 Å². The average molecular weight is 484 g/mol. The summed E-state index contributed by atoms with van der Waals surface area (Å²) in [5, 5.41) is 9.75. The molecule has 0 amide bonds.